The smallest absolute Gasteiger partial charge is 0.282 e. The fourth-order valence-corrected chi connectivity index (χ4v) is 4.60. The van der Waals surface area contributed by atoms with Crippen LogP contribution in [-0.4, -0.2) is 58.0 Å². The molecule has 1 saturated heterocycles. The SMILES string of the molecule is C[C@@H](C(=O)Nc1ccc(S(=O)(=O)N2CCOCC2)cc1)[NH+](C)Cc1ccccc1. The number of sulfonamides is 1. The van der Waals surface area contributed by atoms with Crippen LogP contribution >= 0.6 is 0 Å². The van der Waals surface area contributed by atoms with E-state index in [0.717, 1.165) is 11.4 Å². The summed E-state index contributed by atoms with van der Waals surface area (Å²) >= 11 is 0. The number of carbonyl (C=O) groups is 1. The molecule has 2 atom stereocenters. The molecular weight excluding hydrogens is 390 g/mol. The summed E-state index contributed by atoms with van der Waals surface area (Å²) in [7, 11) is -1.55. The maximum atomic E-state index is 12.7. The Hall–Kier alpha value is -2.26. The van der Waals surface area contributed by atoms with Gasteiger partial charge in [0.1, 0.15) is 6.54 Å². The van der Waals surface area contributed by atoms with Crippen LogP contribution < -0.4 is 10.2 Å². The van der Waals surface area contributed by atoms with E-state index in [-0.39, 0.29) is 16.8 Å². The van der Waals surface area contributed by atoms with E-state index >= 15 is 0 Å². The largest absolute Gasteiger partial charge is 0.379 e. The van der Waals surface area contributed by atoms with E-state index < -0.39 is 10.0 Å². The number of quaternary nitrogens is 1. The first-order valence-electron chi connectivity index (χ1n) is 9.73. The second-order valence-corrected chi connectivity index (χ2v) is 9.20. The van der Waals surface area contributed by atoms with Crippen molar-refractivity contribution in [1.82, 2.24) is 4.31 Å². The molecule has 7 nitrogen and oxygen atoms in total. The van der Waals surface area contributed by atoms with Gasteiger partial charge in [0.2, 0.25) is 10.0 Å². The number of rotatable bonds is 7. The third-order valence-corrected chi connectivity index (χ3v) is 7.10. The molecule has 0 bridgehead atoms. The average molecular weight is 419 g/mol. The van der Waals surface area contributed by atoms with Crippen LogP contribution in [0.4, 0.5) is 5.69 Å². The molecule has 0 saturated carbocycles. The lowest BCUT2D eigenvalue weighted by molar-refractivity contribution is -0.907. The molecule has 1 fully saturated rings. The summed E-state index contributed by atoms with van der Waals surface area (Å²) in [6.07, 6.45) is 0. The minimum absolute atomic E-state index is 0.109. The van der Waals surface area contributed by atoms with Crippen molar-refractivity contribution in [3.05, 3.63) is 60.2 Å². The molecule has 29 heavy (non-hydrogen) atoms. The second-order valence-electron chi connectivity index (χ2n) is 7.26. The van der Waals surface area contributed by atoms with Crippen molar-refractivity contribution in [1.29, 1.82) is 0 Å². The van der Waals surface area contributed by atoms with Crippen molar-refractivity contribution < 1.29 is 22.8 Å². The number of carbonyl (C=O) groups excluding carboxylic acids is 1. The van der Waals surface area contributed by atoms with Gasteiger partial charge in [-0.3, -0.25) is 4.79 Å². The van der Waals surface area contributed by atoms with Crippen LogP contribution in [0.15, 0.2) is 59.5 Å². The minimum Gasteiger partial charge on any atom is -0.379 e. The van der Waals surface area contributed by atoms with Crippen LogP contribution in [-0.2, 0) is 26.1 Å². The first-order chi connectivity index (χ1) is 13.9. The van der Waals surface area contributed by atoms with E-state index in [1.807, 2.05) is 44.3 Å². The van der Waals surface area contributed by atoms with Gasteiger partial charge in [-0.2, -0.15) is 4.31 Å². The molecule has 3 rings (SSSR count). The first kappa shape index (κ1) is 21.4. The molecule has 1 heterocycles. The highest BCUT2D eigenvalue weighted by Gasteiger charge is 2.26. The Morgan fingerprint density at radius 1 is 1.10 bits per heavy atom. The number of hydrogen-bond donors (Lipinski definition) is 2. The van der Waals surface area contributed by atoms with Crippen molar-refractivity contribution >= 4 is 21.6 Å². The number of nitrogens with one attached hydrogen (secondary N) is 2. The maximum absolute atomic E-state index is 12.7. The Bertz CT molecular complexity index is 911. The van der Waals surface area contributed by atoms with Gasteiger partial charge in [-0.25, -0.2) is 8.42 Å². The van der Waals surface area contributed by atoms with E-state index in [4.69, 9.17) is 4.74 Å². The lowest BCUT2D eigenvalue weighted by atomic mass is 10.2. The monoisotopic (exact) mass is 418 g/mol. The number of ether oxygens (including phenoxy) is 1. The molecule has 8 heteroatoms. The lowest BCUT2D eigenvalue weighted by Crippen LogP contribution is -3.12. The summed E-state index contributed by atoms with van der Waals surface area (Å²) in [5.74, 6) is -0.109. The zero-order valence-corrected chi connectivity index (χ0v) is 17.6. The van der Waals surface area contributed by atoms with E-state index in [0.29, 0.717) is 32.0 Å². The van der Waals surface area contributed by atoms with Gasteiger partial charge in [0.15, 0.2) is 6.04 Å². The molecule has 0 aromatic heterocycles. The second kappa shape index (κ2) is 9.49. The average Bonchev–Trinajstić information content (AvgIpc) is 2.75. The third kappa shape index (κ3) is 5.42. The van der Waals surface area contributed by atoms with Gasteiger partial charge in [-0.05, 0) is 31.2 Å². The zero-order valence-electron chi connectivity index (χ0n) is 16.8. The lowest BCUT2D eigenvalue weighted by Gasteiger charge is -2.26. The predicted molar refractivity (Wildman–Crippen MR) is 111 cm³/mol. The number of amides is 1. The molecule has 0 spiro atoms. The number of morpholine rings is 1. The van der Waals surface area contributed by atoms with Crippen molar-refractivity contribution in [2.24, 2.45) is 0 Å². The molecular formula is C21H28N3O4S+. The number of benzene rings is 2. The van der Waals surface area contributed by atoms with Crippen LogP contribution in [0.2, 0.25) is 0 Å². The van der Waals surface area contributed by atoms with Crippen molar-refractivity contribution in [2.75, 3.05) is 38.7 Å². The molecule has 1 aliphatic heterocycles. The van der Waals surface area contributed by atoms with Crippen molar-refractivity contribution in [3.8, 4) is 0 Å². The quantitative estimate of drug-likeness (QED) is 0.696. The third-order valence-electron chi connectivity index (χ3n) is 5.19. The van der Waals surface area contributed by atoms with E-state index in [9.17, 15) is 13.2 Å². The van der Waals surface area contributed by atoms with Gasteiger partial charge in [-0.1, -0.05) is 30.3 Å². The van der Waals surface area contributed by atoms with Gasteiger partial charge in [0, 0.05) is 24.3 Å². The summed E-state index contributed by atoms with van der Waals surface area (Å²) in [5, 5.41) is 2.88. The van der Waals surface area contributed by atoms with Gasteiger partial charge in [0.05, 0.1) is 25.2 Å². The summed E-state index contributed by atoms with van der Waals surface area (Å²) in [6.45, 7) is 4.15. The van der Waals surface area contributed by atoms with Gasteiger partial charge in [0.25, 0.3) is 5.91 Å². The Labute approximate surface area is 172 Å². The Morgan fingerprint density at radius 3 is 2.34 bits per heavy atom. The molecule has 0 aliphatic carbocycles. The minimum atomic E-state index is -3.54. The van der Waals surface area contributed by atoms with Gasteiger partial charge >= 0.3 is 0 Å². The van der Waals surface area contributed by atoms with Crippen molar-refractivity contribution in [2.45, 2.75) is 24.4 Å². The normalized spacial score (nSPS) is 17.4. The number of anilines is 1. The van der Waals surface area contributed by atoms with Gasteiger partial charge < -0.3 is 15.0 Å². The number of hydrogen-bond acceptors (Lipinski definition) is 4. The van der Waals surface area contributed by atoms with Crippen molar-refractivity contribution in [3.63, 3.8) is 0 Å². The predicted octanol–water partition coefficient (Wildman–Crippen LogP) is 0.749. The van der Waals surface area contributed by atoms with E-state index in [1.165, 1.54) is 22.0 Å². The highest BCUT2D eigenvalue weighted by molar-refractivity contribution is 7.89. The van der Waals surface area contributed by atoms with Gasteiger partial charge in [-0.15, -0.1) is 0 Å². The van der Waals surface area contributed by atoms with Crippen LogP contribution in [0, 0.1) is 0 Å². The Kier molecular flexibility index (Phi) is 7.02. The molecule has 2 aromatic rings. The molecule has 1 amide bonds. The van der Waals surface area contributed by atoms with Crippen LogP contribution in [0.5, 0.6) is 0 Å². The Morgan fingerprint density at radius 2 is 1.72 bits per heavy atom. The molecule has 2 aromatic carbocycles. The highest BCUT2D eigenvalue weighted by Crippen LogP contribution is 2.19. The standard InChI is InChI=1S/C21H27N3O4S/c1-17(23(2)16-18-6-4-3-5-7-18)21(25)22-19-8-10-20(11-9-19)29(26,27)24-12-14-28-15-13-24/h3-11,17H,12-16H2,1-2H3,(H,22,25)/p+1/t17-/m0/s1. The fraction of sp³-hybridized carbons (Fsp3) is 0.381. The molecule has 1 aliphatic rings. The summed E-state index contributed by atoms with van der Waals surface area (Å²) < 4.78 is 32.0. The maximum Gasteiger partial charge on any atom is 0.282 e. The van der Waals surface area contributed by atoms with E-state index in [1.54, 1.807) is 12.1 Å². The summed E-state index contributed by atoms with van der Waals surface area (Å²) in [4.78, 5) is 13.9. The van der Waals surface area contributed by atoms with E-state index in [2.05, 4.69) is 5.32 Å². The van der Waals surface area contributed by atoms with Crippen LogP contribution in [0.25, 0.3) is 0 Å². The zero-order chi connectivity index (χ0) is 20.9. The number of likely N-dealkylation sites (N-methyl/N-ethyl adjacent to an activating group) is 1. The molecule has 2 N–H and O–H groups in total. The first-order valence-corrected chi connectivity index (χ1v) is 11.2. The topological polar surface area (TPSA) is 80.2 Å². The Balaban J connectivity index is 1.60. The van der Waals surface area contributed by atoms with Crippen LogP contribution in [0.3, 0.4) is 0 Å². The molecule has 156 valence electrons. The summed E-state index contributed by atoms with van der Waals surface area (Å²) in [6, 6.07) is 16.1. The highest BCUT2D eigenvalue weighted by atomic mass is 32.2. The fourth-order valence-electron chi connectivity index (χ4n) is 3.19. The van der Waals surface area contributed by atoms with Crippen LogP contribution in [0.1, 0.15) is 12.5 Å². The summed E-state index contributed by atoms with van der Waals surface area (Å²) in [5.41, 5.74) is 1.75. The number of nitrogens with zero attached hydrogens (tertiary/aromatic N) is 1. The molecule has 1 unspecified atom stereocenters. The molecule has 0 radical (unpaired) electrons.